The standard InChI is InChI=1S/C14H10N4O3S/c19-13(11-8-15-22-18-11)16-9-3-5-10(6-4-9)17-14(20)12-2-1-7-21-12/h1-8H,(H,16,19)(H,17,20). The zero-order valence-electron chi connectivity index (χ0n) is 11.1. The summed E-state index contributed by atoms with van der Waals surface area (Å²) >= 11 is 0.969. The first-order valence-corrected chi connectivity index (χ1v) is 6.99. The summed E-state index contributed by atoms with van der Waals surface area (Å²) in [5, 5.41) is 5.37. The highest BCUT2D eigenvalue weighted by Crippen LogP contribution is 2.15. The number of aromatic nitrogens is 2. The molecule has 0 bridgehead atoms. The van der Waals surface area contributed by atoms with Crippen molar-refractivity contribution in [1.82, 2.24) is 8.75 Å². The van der Waals surface area contributed by atoms with Crippen molar-refractivity contribution >= 4 is 34.9 Å². The lowest BCUT2D eigenvalue weighted by Gasteiger charge is -2.06. The molecule has 2 aromatic heterocycles. The average molecular weight is 314 g/mol. The average Bonchev–Trinajstić information content (AvgIpc) is 3.23. The van der Waals surface area contributed by atoms with Crippen LogP contribution in [0, 0.1) is 0 Å². The SMILES string of the molecule is O=C(Nc1ccc(NC(=O)c2ccco2)cc1)c1cnsn1. The molecule has 3 aromatic rings. The molecule has 110 valence electrons. The maximum Gasteiger partial charge on any atom is 0.291 e. The largest absolute Gasteiger partial charge is 0.459 e. The first-order valence-electron chi connectivity index (χ1n) is 6.26. The molecule has 8 heteroatoms. The minimum absolute atomic E-state index is 0.230. The van der Waals surface area contributed by atoms with Crippen molar-refractivity contribution < 1.29 is 14.0 Å². The molecule has 2 N–H and O–H groups in total. The summed E-state index contributed by atoms with van der Waals surface area (Å²) in [7, 11) is 0. The zero-order valence-corrected chi connectivity index (χ0v) is 12.0. The molecule has 2 heterocycles. The van der Waals surface area contributed by atoms with Gasteiger partial charge in [0.05, 0.1) is 24.2 Å². The van der Waals surface area contributed by atoms with Gasteiger partial charge in [-0.2, -0.15) is 8.75 Å². The van der Waals surface area contributed by atoms with E-state index in [4.69, 9.17) is 4.42 Å². The van der Waals surface area contributed by atoms with Crippen LogP contribution in [-0.4, -0.2) is 20.6 Å². The monoisotopic (exact) mass is 314 g/mol. The third-order valence-corrected chi connectivity index (χ3v) is 3.22. The predicted molar refractivity (Wildman–Crippen MR) is 81.0 cm³/mol. The van der Waals surface area contributed by atoms with Crippen molar-refractivity contribution in [1.29, 1.82) is 0 Å². The van der Waals surface area contributed by atoms with Crippen LogP contribution in [0.25, 0.3) is 0 Å². The van der Waals surface area contributed by atoms with Gasteiger partial charge >= 0.3 is 0 Å². The molecule has 0 unspecified atom stereocenters. The third-order valence-electron chi connectivity index (χ3n) is 2.74. The Balaban J connectivity index is 1.63. The molecule has 3 rings (SSSR count). The molecule has 0 aliphatic rings. The van der Waals surface area contributed by atoms with Crippen LogP contribution in [0.15, 0.2) is 53.3 Å². The van der Waals surface area contributed by atoms with E-state index in [0.717, 1.165) is 11.7 Å². The van der Waals surface area contributed by atoms with E-state index in [1.807, 2.05) is 0 Å². The van der Waals surface area contributed by atoms with E-state index < -0.39 is 0 Å². The van der Waals surface area contributed by atoms with Gasteiger partial charge in [0.1, 0.15) is 0 Å². The Morgan fingerprint density at radius 2 is 1.68 bits per heavy atom. The van der Waals surface area contributed by atoms with Gasteiger partial charge in [-0.05, 0) is 36.4 Å². The second-order valence-corrected chi connectivity index (χ2v) is 4.81. The van der Waals surface area contributed by atoms with Gasteiger partial charge in [-0.25, -0.2) is 0 Å². The van der Waals surface area contributed by atoms with Crippen LogP contribution in [0.4, 0.5) is 11.4 Å². The van der Waals surface area contributed by atoms with E-state index in [9.17, 15) is 9.59 Å². The van der Waals surface area contributed by atoms with Crippen molar-refractivity contribution in [3.05, 3.63) is 60.3 Å². The van der Waals surface area contributed by atoms with Gasteiger partial charge in [0.2, 0.25) is 0 Å². The van der Waals surface area contributed by atoms with Crippen LogP contribution in [0.5, 0.6) is 0 Å². The van der Waals surface area contributed by atoms with E-state index in [0.29, 0.717) is 11.4 Å². The molecule has 0 aliphatic carbocycles. The molecule has 0 aliphatic heterocycles. The van der Waals surface area contributed by atoms with Crippen LogP contribution >= 0.6 is 11.7 Å². The first-order chi connectivity index (χ1) is 10.7. The van der Waals surface area contributed by atoms with E-state index in [-0.39, 0.29) is 23.3 Å². The second-order valence-electron chi connectivity index (χ2n) is 4.26. The molecular formula is C14H10N4O3S. The fourth-order valence-corrected chi connectivity index (χ4v) is 2.11. The molecule has 0 saturated carbocycles. The number of benzene rings is 1. The number of hydrogen-bond acceptors (Lipinski definition) is 6. The lowest BCUT2D eigenvalue weighted by Crippen LogP contribution is -2.13. The topological polar surface area (TPSA) is 97.1 Å². The Morgan fingerprint density at radius 1 is 1.00 bits per heavy atom. The summed E-state index contributed by atoms with van der Waals surface area (Å²) in [5.74, 6) is -0.440. The van der Waals surface area contributed by atoms with Gasteiger partial charge in [0, 0.05) is 11.4 Å². The number of rotatable bonds is 4. The Kier molecular flexibility index (Phi) is 3.92. The Labute approximate surface area is 129 Å². The van der Waals surface area contributed by atoms with E-state index >= 15 is 0 Å². The molecule has 2 amide bonds. The van der Waals surface area contributed by atoms with Crippen molar-refractivity contribution in [2.75, 3.05) is 10.6 Å². The summed E-state index contributed by atoms with van der Waals surface area (Å²) < 4.78 is 12.6. The summed E-state index contributed by atoms with van der Waals surface area (Å²) in [4.78, 5) is 23.6. The van der Waals surface area contributed by atoms with Gasteiger partial charge in [-0.3, -0.25) is 9.59 Å². The Hall–Kier alpha value is -3.00. The maximum absolute atomic E-state index is 11.8. The smallest absolute Gasteiger partial charge is 0.291 e. The minimum Gasteiger partial charge on any atom is -0.459 e. The number of carbonyl (C=O) groups excluding carboxylic acids is 2. The number of nitrogens with zero attached hydrogens (tertiary/aromatic N) is 2. The lowest BCUT2D eigenvalue weighted by atomic mass is 10.2. The number of carbonyl (C=O) groups is 2. The first kappa shape index (κ1) is 14.0. The predicted octanol–water partition coefficient (Wildman–Crippen LogP) is 2.64. The number of anilines is 2. The van der Waals surface area contributed by atoms with Gasteiger partial charge in [-0.1, -0.05) is 0 Å². The van der Waals surface area contributed by atoms with Crippen LogP contribution < -0.4 is 10.6 Å². The Bertz CT molecular complexity index is 700. The van der Waals surface area contributed by atoms with E-state index in [1.165, 1.54) is 12.5 Å². The van der Waals surface area contributed by atoms with E-state index in [2.05, 4.69) is 19.4 Å². The lowest BCUT2D eigenvalue weighted by molar-refractivity contribution is 0.0994. The van der Waals surface area contributed by atoms with Crippen molar-refractivity contribution in [2.24, 2.45) is 0 Å². The van der Waals surface area contributed by atoms with Gasteiger partial charge in [-0.15, -0.1) is 0 Å². The normalized spacial score (nSPS) is 10.2. The third kappa shape index (κ3) is 3.18. The van der Waals surface area contributed by atoms with Crippen molar-refractivity contribution in [3.8, 4) is 0 Å². The molecule has 0 fully saturated rings. The molecule has 22 heavy (non-hydrogen) atoms. The number of hydrogen-bond donors (Lipinski definition) is 2. The van der Waals surface area contributed by atoms with Crippen LogP contribution in [0.1, 0.15) is 21.0 Å². The van der Waals surface area contributed by atoms with Crippen molar-refractivity contribution in [2.45, 2.75) is 0 Å². The minimum atomic E-state index is -0.338. The maximum atomic E-state index is 11.8. The summed E-state index contributed by atoms with van der Waals surface area (Å²) in [6.07, 6.45) is 2.83. The van der Waals surface area contributed by atoms with Crippen LogP contribution in [0.2, 0.25) is 0 Å². The number of amides is 2. The second kappa shape index (κ2) is 6.19. The highest BCUT2D eigenvalue weighted by Gasteiger charge is 2.10. The van der Waals surface area contributed by atoms with Crippen LogP contribution in [-0.2, 0) is 0 Å². The number of furan rings is 1. The highest BCUT2D eigenvalue weighted by atomic mass is 32.1. The van der Waals surface area contributed by atoms with E-state index in [1.54, 1.807) is 36.4 Å². The molecule has 0 radical (unpaired) electrons. The summed E-state index contributed by atoms with van der Waals surface area (Å²) in [6.45, 7) is 0. The quantitative estimate of drug-likeness (QED) is 0.771. The molecule has 0 atom stereocenters. The number of nitrogens with one attached hydrogen (secondary N) is 2. The van der Waals surface area contributed by atoms with Crippen molar-refractivity contribution in [3.63, 3.8) is 0 Å². The Morgan fingerprint density at radius 3 is 2.23 bits per heavy atom. The van der Waals surface area contributed by atoms with Gasteiger partial charge in [0.15, 0.2) is 11.5 Å². The molecule has 7 nitrogen and oxygen atoms in total. The fraction of sp³-hybridized carbons (Fsp3) is 0. The van der Waals surface area contributed by atoms with Gasteiger partial charge < -0.3 is 15.1 Å². The molecule has 0 spiro atoms. The summed E-state index contributed by atoms with van der Waals surface area (Å²) in [6, 6.07) is 9.92. The highest BCUT2D eigenvalue weighted by molar-refractivity contribution is 6.99. The fourth-order valence-electron chi connectivity index (χ4n) is 1.70. The van der Waals surface area contributed by atoms with Crippen LogP contribution in [0.3, 0.4) is 0 Å². The molecule has 1 aromatic carbocycles. The molecule has 0 saturated heterocycles. The summed E-state index contributed by atoms with van der Waals surface area (Å²) in [5.41, 5.74) is 1.45. The zero-order chi connectivity index (χ0) is 15.4. The van der Waals surface area contributed by atoms with Gasteiger partial charge in [0.25, 0.3) is 11.8 Å². The molecular weight excluding hydrogens is 304 g/mol.